The van der Waals surface area contributed by atoms with Crippen LogP contribution in [0.15, 0.2) is 17.2 Å². The van der Waals surface area contributed by atoms with Crippen molar-refractivity contribution in [3.63, 3.8) is 0 Å². The summed E-state index contributed by atoms with van der Waals surface area (Å²) in [7, 11) is 3.66. The number of nitrogens with zero attached hydrogens (tertiary/aromatic N) is 1. The second kappa shape index (κ2) is 4.79. The molecule has 2 aromatic heterocycles. The van der Waals surface area contributed by atoms with Gasteiger partial charge in [-0.2, -0.15) is 0 Å². The number of hydrogen-bond donors (Lipinski definition) is 1. The molecule has 0 fully saturated rings. The molecule has 3 nitrogen and oxygen atoms in total. The molecule has 0 spiro atoms. The first-order chi connectivity index (χ1) is 7.35. The monoisotopic (exact) mass is 270 g/mol. The quantitative estimate of drug-likeness (QED) is 0.843. The Hall–Kier alpha value is -0.831. The zero-order valence-corrected chi connectivity index (χ0v) is 10.6. The molecule has 0 unspecified atom stereocenters. The number of nitrogens with one attached hydrogen (secondary N) is 1. The van der Waals surface area contributed by atoms with Crippen molar-refractivity contribution in [3.05, 3.63) is 22.8 Å². The zero-order chi connectivity index (χ0) is 10.7. The number of ether oxygens (including phenoxy) is 1. The fourth-order valence-electron chi connectivity index (χ4n) is 1.51. The Morgan fingerprint density at radius 2 is 2.40 bits per heavy atom. The molecule has 2 aromatic rings. The van der Waals surface area contributed by atoms with Crippen LogP contribution >= 0.6 is 0 Å². The molecule has 0 aliphatic rings. The summed E-state index contributed by atoms with van der Waals surface area (Å²) >= 11 is 0.407. The summed E-state index contributed by atoms with van der Waals surface area (Å²) in [5.74, 6) is 0.849. The third kappa shape index (κ3) is 2.23. The van der Waals surface area contributed by atoms with Gasteiger partial charge in [0.05, 0.1) is 0 Å². The van der Waals surface area contributed by atoms with Crippen molar-refractivity contribution in [1.82, 2.24) is 10.3 Å². The molecule has 4 heteroatoms. The molecule has 0 atom stereocenters. The van der Waals surface area contributed by atoms with Crippen LogP contribution in [0.5, 0.6) is 5.75 Å². The van der Waals surface area contributed by atoms with Crippen LogP contribution in [0.3, 0.4) is 0 Å². The Labute approximate surface area is 95.2 Å². The van der Waals surface area contributed by atoms with Gasteiger partial charge in [0.1, 0.15) is 0 Å². The first-order valence-corrected chi connectivity index (χ1v) is 6.74. The molecule has 2 heterocycles. The van der Waals surface area contributed by atoms with Crippen molar-refractivity contribution in [2.45, 2.75) is 6.42 Å². The Kier molecular flexibility index (Phi) is 3.41. The van der Waals surface area contributed by atoms with Crippen LogP contribution in [0.4, 0.5) is 0 Å². The standard InChI is InChI=1S/C11H14N2OSe/c1-12-4-3-8-7-15-11-10(8)5-9(14-2)6-13-11/h5-7,12H,3-4H2,1-2H3. The summed E-state index contributed by atoms with van der Waals surface area (Å²) < 4.78 is 6.42. The normalized spacial score (nSPS) is 10.8. The van der Waals surface area contributed by atoms with Crippen molar-refractivity contribution in [2.75, 3.05) is 20.7 Å². The van der Waals surface area contributed by atoms with E-state index in [2.05, 4.69) is 21.3 Å². The summed E-state index contributed by atoms with van der Waals surface area (Å²) in [5.41, 5.74) is 1.41. The van der Waals surface area contributed by atoms with Gasteiger partial charge in [-0.15, -0.1) is 0 Å². The fourth-order valence-corrected chi connectivity index (χ4v) is 3.46. The maximum absolute atomic E-state index is 5.19. The molecular weight excluding hydrogens is 255 g/mol. The molecule has 0 radical (unpaired) electrons. The van der Waals surface area contributed by atoms with E-state index >= 15 is 0 Å². The van der Waals surface area contributed by atoms with Crippen molar-refractivity contribution >= 4 is 24.3 Å². The van der Waals surface area contributed by atoms with Crippen molar-refractivity contribution in [2.24, 2.45) is 0 Å². The molecule has 0 aliphatic heterocycles. The number of pyridine rings is 1. The number of methoxy groups -OCH3 is 1. The van der Waals surface area contributed by atoms with Crippen molar-refractivity contribution < 1.29 is 4.74 Å². The van der Waals surface area contributed by atoms with Crippen LogP contribution in [0, 0.1) is 0 Å². The minimum absolute atomic E-state index is 0.407. The molecule has 2 rings (SSSR count). The Morgan fingerprint density at radius 1 is 1.53 bits per heavy atom. The molecule has 0 aliphatic carbocycles. The second-order valence-corrected chi connectivity index (χ2v) is 5.14. The van der Waals surface area contributed by atoms with E-state index in [0.717, 1.165) is 18.7 Å². The number of hydrogen-bond acceptors (Lipinski definition) is 3. The molecule has 0 bridgehead atoms. The molecule has 0 aromatic carbocycles. The van der Waals surface area contributed by atoms with Crippen LogP contribution in [0.2, 0.25) is 0 Å². The minimum atomic E-state index is 0.407. The van der Waals surface area contributed by atoms with Gasteiger partial charge in [0.2, 0.25) is 0 Å². The Bertz CT molecular complexity index is 453. The van der Waals surface area contributed by atoms with Gasteiger partial charge in [-0.3, -0.25) is 0 Å². The zero-order valence-electron chi connectivity index (χ0n) is 8.91. The molecule has 15 heavy (non-hydrogen) atoms. The first kappa shape index (κ1) is 10.7. The van der Waals surface area contributed by atoms with E-state index in [9.17, 15) is 0 Å². The van der Waals surface area contributed by atoms with E-state index in [-0.39, 0.29) is 0 Å². The number of aromatic nitrogens is 1. The average molecular weight is 269 g/mol. The predicted molar refractivity (Wildman–Crippen MR) is 62.9 cm³/mol. The van der Waals surface area contributed by atoms with Gasteiger partial charge in [0.25, 0.3) is 0 Å². The van der Waals surface area contributed by atoms with E-state index in [1.165, 1.54) is 15.3 Å². The van der Waals surface area contributed by atoms with Gasteiger partial charge in [-0.05, 0) is 0 Å². The summed E-state index contributed by atoms with van der Waals surface area (Å²) in [6.07, 6.45) is 2.87. The molecular formula is C11H14N2OSe. The Balaban J connectivity index is 2.38. The van der Waals surface area contributed by atoms with Gasteiger partial charge in [0, 0.05) is 0 Å². The first-order valence-electron chi connectivity index (χ1n) is 4.90. The van der Waals surface area contributed by atoms with Crippen molar-refractivity contribution in [1.29, 1.82) is 0 Å². The maximum atomic E-state index is 5.19. The van der Waals surface area contributed by atoms with Gasteiger partial charge in [-0.25, -0.2) is 0 Å². The van der Waals surface area contributed by atoms with Crippen LogP contribution in [0.1, 0.15) is 5.56 Å². The fraction of sp³-hybridized carbons (Fsp3) is 0.364. The van der Waals surface area contributed by atoms with Gasteiger partial charge >= 0.3 is 95.0 Å². The van der Waals surface area contributed by atoms with Gasteiger partial charge < -0.3 is 0 Å². The topological polar surface area (TPSA) is 34.2 Å². The summed E-state index contributed by atoms with van der Waals surface area (Å²) in [4.78, 5) is 6.74. The molecule has 0 saturated carbocycles. The number of rotatable bonds is 4. The number of fused-ring (bicyclic) bond motifs is 1. The summed E-state index contributed by atoms with van der Waals surface area (Å²) in [6.45, 7) is 1.01. The van der Waals surface area contributed by atoms with Crippen molar-refractivity contribution in [3.8, 4) is 5.75 Å². The van der Waals surface area contributed by atoms with Gasteiger partial charge in [0.15, 0.2) is 0 Å². The van der Waals surface area contributed by atoms with Crippen LogP contribution < -0.4 is 10.1 Å². The second-order valence-electron chi connectivity index (χ2n) is 3.34. The van der Waals surface area contributed by atoms with Gasteiger partial charge in [-0.1, -0.05) is 0 Å². The van der Waals surface area contributed by atoms with E-state index < -0.39 is 0 Å². The molecule has 80 valence electrons. The van der Waals surface area contributed by atoms with E-state index in [0.29, 0.717) is 14.5 Å². The van der Waals surface area contributed by atoms with E-state index in [1.54, 1.807) is 13.3 Å². The number of likely N-dealkylation sites (N-methyl/N-ethyl adjacent to an activating group) is 1. The SMILES string of the molecule is CNCCc1c[se]c2ncc(OC)cc12. The third-order valence-corrected chi connectivity index (χ3v) is 4.36. The van der Waals surface area contributed by atoms with E-state index in [4.69, 9.17) is 4.74 Å². The summed E-state index contributed by atoms with van der Waals surface area (Å²) in [5, 5.41) is 4.45. The van der Waals surface area contributed by atoms with Crippen LogP contribution in [-0.2, 0) is 6.42 Å². The molecule has 0 saturated heterocycles. The Morgan fingerprint density at radius 3 is 3.13 bits per heavy atom. The van der Waals surface area contributed by atoms with Crippen LogP contribution in [-0.4, -0.2) is 40.2 Å². The van der Waals surface area contributed by atoms with Crippen LogP contribution in [0.25, 0.3) is 9.78 Å². The third-order valence-electron chi connectivity index (χ3n) is 2.36. The molecule has 1 N–H and O–H groups in total. The average Bonchev–Trinajstić information content (AvgIpc) is 2.68. The summed E-state index contributed by atoms with van der Waals surface area (Å²) in [6, 6.07) is 2.10. The van der Waals surface area contributed by atoms with E-state index in [1.807, 2.05) is 7.05 Å². The predicted octanol–water partition coefficient (Wildman–Crippen LogP) is 1.06. The molecule has 0 amide bonds.